The summed E-state index contributed by atoms with van der Waals surface area (Å²) >= 11 is 0. The van der Waals surface area contributed by atoms with Gasteiger partial charge >= 0.3 is 0 Å². The number of aromatic nitrogens is 1. The number of nitrogen functional groups attached to an aromatic ring is 1. The molecule has 0 radical (unpaired) electrons. The topological polar surface area (TPSA) is 57.4 Å². The van der Waals surface area contributed by atoms with Crippen LogP contribution >= 0.6 is 0 Å². The Kier molecular flexibility index (Phi) is 9.03. The smallest absolute Gasteiger partial charge is 0.133 e. The Morgan fingerprint density at radius 1 is 1.15 bits per heavy atom. The normalized spacial score (nSPS) is 11.1. The average molecular weight is 360 g/mol. The fourth-order valence-corrected chi connectivity index (χ4v) is 2.69. The van der Waals surface area contributed by atoms with Crippen LogP contribution in [0, 0.1) is 5.41 Å². The van der Waals surface area contributed by atoms with Crippen molar-refractivity contribution in [2.45, 2.75) is 40.5 Å². The van der Waals surface area contributed by atoms with Crippen molar-refractivity contribution in [1.82, 2.24) is 10.3 Å². The van der Waals surface area contributed by atoms with Gasteiger partial charge in [-0.3, -0.25) is 0 Å². The molecule has 0 aliphatic heterocycles. The molecule has 5 heteroatoms. The van der Waals surface area contributed by atoms with Gasteiger partial charge < -0.3 is 20.9 Å². The molecule has 0 unspecified atom stereocenters. The van der Waals surface area contributed by atoms with Crippen molar-refractivity contribution in [3.8, 4) is 0 Å². The largest absolute Gasteiger partial charge is 0.390 e. The van der Waals surface area contributed by atoms with Gasteiger partial charge in [0.05, 0.1) is 0 Å². The van der Waals surface area contributed by atoms with E-state index in [9.17, 15) is 0 Å². The second-order valence-electron chi connectivity index (χ2n) is 7.72. The molecule has 0 saturated carbocycles. The fraction of sp³-hybridized carbons (Fsp3) is 0.571. The first-order chi connectivity index (χ1) is 12.3. The van der Waals surface area contributed by atoms with E-state index in [1.165, 1.54) is 0 Å². The Balaban J connectivity index is 3.02. The molecule has 1 heterocycles. The summed E-state index contributed by atoms with van der Waals surface area (Å²) in [4.78, 5) is 9.21. The number of nitrogens with zero attached hydrogens (tertiary/aromatic N) is 3. The first-order valence-corrected chi connectivity index (χ1v) is 9.53. The summed E-state index contributed by atoms with van der Waals surface area (Å²) < 4.78 is 0. The highest BCUT2D eigenvalue weighted by atomic mass is 15.2. The highest BCUT2D eigenvalue weighted by molar-refractivity contribution is 5.61. The van der Waals surface area contributed by atoms with Gasteiger partial charge in [-0.1, -0.05) is 33.4 Å². The molecule has 0 bridgehead atoms. The van der Waals surface area contributed by atoms with E-state index in [0.717, 1.165) is 57.1 Å². The molecular weight excluding hydrogens is 322 g/mol. The Morgan fingerprint density at radius 2 is 1.88 bits per heavy atom. The average Bonchev–Trinajstić information content (AvgIpc) is 2.57. The van der Waals surface area contributed by atoms with Crippen molar-refractivity contribution in [1.29, 1.82) is 0 Å². The Labute approximate surface area is 160 Å². The third-order valence-corrected chi connectivity index (χ3v) is 4.29. The summed E-state index contributed by atoms with van der Waals surface area (Å²) in [5.41, 5.74) is 7.54. The summed E-state index contributed by atoms with van der Waals surface area (Å²) in [6.45, 7) is 21.0. The van der Waals surface area contributed by atoms with E-state index in [0.29, 0.717) is 11.2 Å². The van der Waals surface area contributed by atoms with Crippen LogP contribution in [0.2, 0.25) is 0 Å². The summed E-state index contributed by atoms with van der Waals surface area (Å²) in [6, 6.07) is 4.11. The Hall–Kier alpha value is -2.17. The lowest BCUT2D eigenvalue weighted by molar-refractivity contribution is 0.379. The van der Waals surface area contributed by atoms with Gasteiger partial charge in [-0.25, -0.2) is 4.98 Å². The van der Waals surface area contributed by atoms with E-state index in [1.807, 2.05) is 12.1 Å². The first-order valence-electron chi connectivity index (χ1n) is 9.53. The summed E-state index contributed by atoms with van der Waals surface area (Å²) in [6.07, 6.45) is 5.70. The maximum absolute atomic E-state index is 6.14. The standard InChI is InChI=1S/C21H37N5/c1-7-10-13-26(15-12-23-8-2)18-16-19(22)24-20(17-18)25(9-3)14-11-21(4,5)6/h7-8,16-17,23H,1-2,9-15H2,3-6H3,(H2,22,24). The lowest BCUT2D eigenvalue weighted by Gasteiger charge is -2.29. The minimum Gasteiger partial charge on any atom is -0.390 e. The molecule has 26 heavy (non-hydrogen) atoms. The third-order valence-electron chi connectivity index (χ3n) is 4.29. The summed E-state index contributed by atoms with van der Waals surface area (Å²) in [5.74, 6) is 1.51. The highest BCUT2D eigenvalue weighted by Gasteiger charge is 2.16. The van der Waals surface area contributed by atoms with Gasteiger partial charge in [0.25, 0.3) is 0 Å². The van der Waals surface area contributed by atoms with Crippen molar-refractivity contribution in [2.24, 2.45) is 5.41 Å². The fourth-order valence-electron chi connectivity index (χ4n) is 2.69. The predicted octanol–water partition coefficient (Wildman–Crippen LogP) is 4.04. The van der Waals surface area contributed by atoms with Gasteiger partial charge in [-0.2, -0.15) is 0 Å². The molecular formula is C21H37N5. The van der Waals surface area contributed by atoms with Crippen LogP contribution in [0.1, 0.15) is 40.5 Å². The van der Waals surface area contributed by atoms with Crippen LogP contribution in [-0.4, -0.2) is 37.7 Å². The van der Waals surface area contributed by atoms with Crippen molar-refractivity contribution < 1.29 is 0 Å². The van der Waals surface area contributed by atoms with Crippen molar-refractivity contribution in [2.75, 3.05) is 48.3 Å². The van der Waals surface area contributed by atoms with Crippen LogP contribution in [-0.2, 0) is 0 Å². The predicted molar refractivity (Wildman–Crippen MR) is 116 cm³/mol. The quantitative estimate of drug-likeness (QED) is 0.436. The lowest BCUT2D eigenvalue weighted by Crippen LogP contribution is -2.32. The second-order valence-corrected chi connectivity index (χ2v) is 7.72. The van der Waals surface area contributed by atoms with Gasteiger partial charge in [0, 0.05) is 50.5 Å². The molecule has 0 spiro atoms. The van der Waals surface area contributed by atoms with Crippen molar-refractivity contribution >= 4 is 17.3 Å². The molecule has 0 aliphatic carbocycles. The maximum Gasteiger partial charge on any atom is 0.133 e. The molecule has 5 nitrogen and oxygen atoms in total. The van der Waals surface area contributed by atoms with E-state index in [1.54, 1.807) is 6.20 Å². The van der Waals surface area contributed by atoms with E-state index < -0.39 is 0 Å². The number of nitrogens with one attached hydrogen (secondary N) is 1. The molecule has 0 aromatic carbocycles. The zero-order valence-electron chi connectivity index (χ0n) is 17.1. The molecule has 3 N–H and O–H groups in total. The maximum atomic E-state index is 6.14. The van der Waals surface area contributed by atoms with E-state index in [4.69, 9.17) is 5.73 Å². The van der Waals surface area contributed by atoms with Crippen molar-refractivity contribution in [3.63, 3.8) is 0 Å². The zero-order valence-corrected chi connectivity index (χ0v) is 17.1. The lowest BCUT2D eigenvalue weighted by atomic mass is 9.92. The summed E-state index contributed by atoms with van der Waals surface area (Å²) in [7, 11) is 0. The number of anilines is 3. The molecule has 0 fully saturated rings. The number of rotatable bonds is 12. The van der Waals surface area contributed by atoms with Gasteiger partial charge in [0.15, 0.2) is 0 Å². The number of pyridine rings is 1. The second kappa shape index (κ2) is 10.7. The molecule has 1 rings (SSSR count). The van der Waals surface area contributed by atoms with Gasteiger partial charge in [-0.05, 0) is 31.4 Å². The van der Waals surface area contributed by atoms with Crippen LogP contribution < -0.4 is 20.9 Å². The molecule has 1 aromatic rings. The first kappa shape index (κ1) is 21.9. The minimum atomic E-state index is 0.295. The van der Waals surface area contributed by atoms with Gasteiger partial charge in [0.1, 0.15) is 11.6 Å². The Bertz CT molecular complexity index is 562. The molecule has 0 atom stereocenters. The number of hydrogen-bond acceptors (Lipinski definition) is 5. The number of hydrogen-bond donors (Lipinski definition) is 2. The van der Waals surface area contributed by atoms with Crippen LogP contribution in [0.25, 0.3) is 0 Å². The zero-order chi connectivity index (χ0) is 19.6. The van der Waals surface area contributed by atoms with E-state index in [-0.39, 0.29) is 0 Å². The van der Waals surface area contributed by atoms with Crippen LogP contribution in [0.4, 0.5) is 17.3 Å². The number of nitrogens with two attached hydrogens (primary N) is 1. The highest BCUT2D eigenvalue weighted by Crippen LogP contribution is 2.26. The minimum absolute atomic E-state index is 0.295. The molecule has 0 amide bonds. The van der Waals surface area contributed by atoms with Crippen LogP contribution in [0.5, 0.6) is 0 Å². The van der Waals surface area contributed by atoms with E-state index in [2.05, 4.69) is 67.0 Å². The van der Waals surface area contributed by atoms with Crippen molar-refractivity contribution in [3.05, 3.63) is 37.6 Å². The monoisotopic (exact) mass is 359 g/mol. The molecule has 0 saturated heterocycles. The third kappa shape index (κ3) is 7.81. The van der Waals surface area contributed by atoms with Crippen LogP contribution in [0.3, 0.4) is 0 Å². The van der Waals surface area contributed by atoms with Gasteiger partial charge in [0.2, 0.25) is 0 Å². The SMILES string of the molecule is C=CCCN(CCNC=C)c1cc(N)nc(N(CC)CCC(C)(C)C)c1. The molecule has 0 aliphatic rings. The van der Waals surface area contributed by atoms with Crippen LogP contribution in [0.15, 0.2) is 37.6 Å². The molecule has 1 aromatic heterocycles. The van der Waals surface area contributed by atoms with E-state index >= 15 is 0 Å². The van der Waals surface area contributed by atoms with Gasteiger partial charge in [-0.15, -0.1) is 6.58 Å². The summed E-state index contributed by atoms with van der Waals surface area (Å²) in [5, 5.41) is 3.16. The molecule has 146 valence electrons. The Morgan fingerprint density at radius 3 is 2.46 bits per heavy atom.